The van der Waals surface area contributed by atoms with E-state index in [-0.39, 0.29) is 17.2 Å². The zero-order valence-electron chi connectivity index (χ0n) is 16.7. The van der Waals surface area contributed by atoms with Crippen LogP contribution in [0.2, 0.25) is 0 Å². The highest BCUT2D eigenvalue weighted by atomic mass is 32.2. The molecule has 29 heavy (non-hydrogen) atoms. The van der Waals surface area contributed by atoms with Crippen molar-refractivity contribution in [3.05, 3.63) is 23.8 Å². The molecular weight excluding hydrogens is 414 g/mol. The number of hydrogen-bond donors (Lipinski definition) is 3. The molecular formula is C19H25N3O5S2. The van der Waals surface area contributed by atoms with Crippen LogP contribution in [0.25, 0.3) is 0 Å². The first-order valence-corrected chi connectivity index (χ1v) is 11.2. The van der Waals surface area contributed by atoms with Crippen LogP contribution in [0.5, 0.6) is 5.75 Å². The summed E-state index contributed by atoms with van der Waals surface area (Å²) in [4.78, 5) is 29.9. The molecule has 1 aromatic rings. The number of phenolic OH excluding ortho intramolecular Hbond substituents is 1. The molecule has 3 N–H and O–H groups in total. The minimum absolute atomic E-state index is 0.0219. The number of carboxylic acid groups (broad SMARTS) is 1. The summed E-state index contributed by atoms with van der Waals surface area (Å²) in [6.45, 7) is 5.35. The number of carboxylic acids is 1. The number of hydrogen-bond acceptors (Lipinski definition) is 8. The van der Waals surface area contributed by atoms with Gasteiger partial charge in [-0.05, 0) is 46.0 Å². The molecule has 158 valence electrons. The number of carbonyl (C=O) groups is 2. The summed E-state index contributed by atoms with van der Waals surface area (Å²) in [7, 11) is 1.81. The molecule has 0 spiro atoms. The number of phenols is 1. The van der Waals surface area contributed by atoms with E-state index >= 15 is 0 Å². The summed E-state index contributed by atoms with van der Waals surface area (Å²) in [5.74, 6) is 0.481. The van der Waals surface area contributed by atoms with Crippen LogP contribution < -0.4 is 5.32 Å². The standard InChI is InChI=1S/C19H25N3O5S2/c1-19(2,3)27-18(26)20-10-5-6-14(23)11(7-10)15-21-12(8-28-15)16-22(4)13(9-29-16)17(24)25/h5-7,12-13,16,23H,8-9H2,1-4H3,(H,20,26)(H,24,25)/t12-,13+,16?/m1/s1. The third-order valence-electron chi connectivity index (χ3n) is 4.48. The third-order valence-corrected chi connectivity index (χ3v) is 7.08. The van der Waals surface area contributed by atoms with Crippen LogP contribution in [0.15, 0.2) is 23.2 Å². The lowest BCUT2D eigenvalue weighted by atomic mass is 10.2. The van der Waals surface area contributed by atoms with Gasteiger partial charge in [0.15, 0.2) is 0 Å². The lowest BCUT2D eigenvalue weighted by Crippen LogP contribution is -2.42. The molecule has 2 heterocycles. The van der Waals surface area contributed by atoms with Gasteiger partial charge in [0.25, 0.3) is 0 Å². The highest BCUT2D eigenvalue weighted by Gasteiger charge is 2.41. The smallest absolute Gasteiger partial charge is 0.412 e. The van der Waals surface area contributed by atoms with Crippen molar-refractivity contribution in [2.75, 3.05) is 23.9 Å². The second-order valence-corrected chi connectivity index (χ2v) is 10.1. The Bertz CT molecular complexity index is 840. The highest BCUT2D eigenvalue weighted by Crippen LogP contribution is 2.38. The summed E-state index contributed by atoms with van der Waals surface area (Å²) in [5.41, 5.74) is 0.421. The number of anilines is 1. The van der Waals surface area contributed by atoms with E-state index in [1.807, 2.05) is 11.9 Å². The summed E-state index contributed by atoms with van der Waals surface area (Å²) in [6.07, 6.45) is -0.572. The molecule has 1 saturated heterocycles. The molecule has 0 aliphatic carbocycles. The van der Waals surface area contributed by atoms with Crippen LogP contribution in [0.1, 0.15) is 26.3 Å². The van der Waals surface area contributed by atoms with Gasteiger partial charge in [0, 0.05) is 17.2 Å². The summed E-state index contributed by atoms with van der Waals surface area (Å²) < 4.78 is 5.26. The quantitative estimate of drug-likeness (QED) is 0.614. The molecule has 3 rings (SSSR count). The first kappa shape index (κ1) is 21.8. The number of carbonyl (C=O) groups excluding carboxylic acids is 1. The number of nitrogens with one attached hydrogen (secondary N) is 1. The van der Waals surface area contributed by atoms with Crippen molar-refractivity contribution in [2.45, 2.75) is 43.8 Å². The second kappa shape index (κ2) is 8.45. The molecule has 3 atom stereocenters. The number of benzene rings is 1. The molecule has 10 heteroatoms. The molecule has 2 aliphatic heterocycles. The van der Waals surface area contributed by atoms with Crippen molar-refractivity contribution >= 4 is 46.3 Å². The maximum atomic E-state index is 12.0. The van der Waals surface area contributed by atoms with Gasteiger partial charge in [-0.25, -0.2) is 4.79 Å². The van der Waals surface area contributed by atoms with E-state index in [4.69, 9.17) is 9.73 Å². The maximum Gasteiger partial charge on any atom is 0.412 e. The van der Waals surface area contributed by atoms with Crippen LogP contribution in [0.4, 0.5) is 10.5 Å². The lowest BCUT2D eigenvalue weighted by Gasteiger charge is -2.24. The Morgan fingerprint density at radius 2 is 2.03 bits per heavy atom. The SMILES string of the molecule is CN1C([C@H]2CSC(c3cc(NC(=O)OC(C)(C)C)ccc3O)=N2)SC[C@H]1C(=O)O. The van der Waals surface area contributed by atoms with Gasteiger partial charge in [0.05, 0.1) is 17.0 Å². The fraction of sp³-hybridized carbons (Fsp3) is 0.526. The van der Waals surface area contributed by atoms with Crippen molar-refractivity contribution < 1.29 is 24.5 Å². The highest BCUT2D eigenvalue weighted by molar-refractivity contribution is 8.14. The number of likely N-dealkylation sites (N-methyl/N-ethyl adjacent to an activating group) is 1. The van der Waals surface area contributed by atoms with E-state index in [9.17, 15) is 19.8 Å². The van der Waals surface area contributed by atoms with Crippen LogP contribution in [0, 0.1) is 0 Å². The van der Waals surface area contributed by atoms with Gasteiger partial charge in [-0.2, -0.15) is 0 Å². The average molecular weight is 440 g/mol. The Labute approximate surface area is 178 Å². The van der Waals surface area contributed by atoms with Crippen LogP contribution in [-0.2, 0) is 9.53 Å². The molecule has 0 aromatic heterocycles. The van der Waals surface area contributed by atoms with E-state index < -0.39 is 23.7 Å². The van der Waals surface area contributed by atoms with E-state index in [1.165, 1.54) is 17.8 Å². The van der Waals surface area contributed by atoms with E-state index in [0.717, 1.165) is 0 Å². The third kappa shape index (κ3) is 5.18. The van der Waals surface area contributed by atoms with E-state index in [1.54, 1.807) is 44.7 Å². The van der Waals surface area contributed by atoms with Crippen LogP contribution in [-0.4, -0.2) is 73.8 Å². The van der Waals surface area contributed by atoms with E-state index in [2.05, 4.69) is 5.32 Å². The summed E-state index contributed by atoms with van der Waals surface area (Å²) in [6, 6.07) is 4.19. The minimum Gasteiger partial charge on any atom is -0.507 e. The van der Waals surface area contributed by atoms with Gasteiger partial charge in [-0.1, -0.05) is 0 Å². The zero-order valence-corrected chi connectivity index (χ0v) is 18.3. The molecule has 0 radical (unpaired) electrons. The topological polar surface area (TPSA) is 111 Å². The molecule has 0 saturated carbocycles. The molecule has 1 aromatic carbocycles. The van der Waals surface area contributed by atoms with Gasteiger partial charge in [-0.15, -0.1) is 23.5 Å². The molecule has 0 bridgehead atoms. The van der Waals surface area contributed by atoms with Crippen molar-refractivity contribution in [1.29, 1.82) is 0 Å². The van der Waals surface area contributed by atoms with Gasteiger partial charge in [0.2, 0.25) is 0 Å². The predicted octanol–water partition coefficient (Wildman–Crippen LogP) is 3.06. The molecule has 8 nitrogen and oxygen atoms in total. The van der Waals surface area contributed by atoms with Crippen molar-refractivity contribution in [3.8, 4) is 5.75 Å². The Balaban J connectivity index is 1.74. The number of aliphatic imine (C=N–C) groups is 1. The van der Waals surface area contributed by atoms with E-state index in [0.29, 0.717) is 27.8 Å². The minimum atomic E-state index is -0.823. The Morgan fingerprint density at radius 3 is 2.66 bits per heavy atom. The maximum absolute atomic E-state index is 12.0. The number of aliphatic carboxylic acids is 1. The Morgan fingerprint density at radius 1 is 1.31 bits per heavy atom. The molecule has 1 unspecified atom stereocenters. The first-order chi connectivity index (χ1) is 13.5. The Hall–Kier alpha value is -1.91. The molecule has 1 fully saturated rings. The predicted molar refractivity (Wildman–Crippen MR) is 116 cm³/mol. The van der Waals surface area contributed by atoms with Gasteiger partial charge in [0.1, 0.15) is 22.4 Å². The second-order valence-electron chi connectivity index (χ2n) is 7.91. The fourth-order valence-corrected chi connectivity index (χ4v) is 5.87. The van der Waals surface area contributed by atoms with Gasteiger partial charge in [-0.3, -0.25) is 20.0 Å². The largest absolute Gasteiger partial charge is 0.507 e. The summed E-state index contributed by atoms with van der Waals surface area (Å²) >= 11 is 3.10. The first-order valence-electron chi connectivity index (χ1n) is 9.15. The number of aromatic hydroxyl groups is 1. The number of thioether (sulfide) groups is 2. The lowest BCUT2D eigenvalue weighted by molar-refractivity contribution is -0.141. The normalized spacial score (nSPS) is 25.0. The molecule has 1 amide bonds. The van der Waals surface area contributed by atoms with Crippen molar-refractivity contribution in [3.63, 3.8) is 0 Å². The zero-order chi connectivity index (χ0) is 21.3. The number of amides is 1. The summed E-state index contributed by atoms with van der Waals surface area (Å²) in [5, 5.41) is 22.9. The van der Waals surface area contributed by atoms with Gasteiger partial charge < -0.3 is 14.9 Å². The number of ether oxygens (including phenoxy) is 1. The number of nitrogens with zero attached hydrogens (tertiary/aromatic N) is 2. The Kier molecular flexibility index (Phi) is 6.35. The average Bonchev–Trinajstić information content (AvgIpc) is 3.21. The monoisotopic (exact) mass is 439 g/mol. The van der Waals surface area contributed by atoms with Crippen molar-refractivity contribution in [1.82, 2.24) is 4.90 Å². The van der Waals surface area contributed by atoms with Crippen molar-refractivity contribution in [2.24, 2.45) is 4.99 Å². The van der Waals surface area contributed by atoms with Gasteiger partial charge >= 0.3 is 12.1 Å². The molecule has 2 aliphatic rings. The fourth-order valence-electron chi connectivity index (χ4n) is 3.12. The van der Waals surface area contributed by atoms with Crippen LogP contribution >= 0.6 is 23.5 Å². The van der Waals surface area contributed by atoms with Crippen LogP contribution in [0.3, 0.4) is 0 Å². The number of rotatable bonds is 4.